The minimum absolute atomic E-state index is 0.180. The lowest BCUT2D eigenvalue weighted by molar-refractivity contribution is -0.134. The van der Waals surface area contributed by atoms with E-state index < -0.39 is 16.0 Å². The van der Waals surface area contributed by atoms with Crippen LogP contribution in [-0.4, -0.2) is 21.5 Å². The molecule has 0 aliphatic carbocycles. The van der Waals surface area contributed by atoms with Crippen LogP contribution in [0.2, 0.25) is 0 Å². The Hall–Kier alpha value is -3.48. The van der Waals surface area contributed by atoms with E-state index in [2.05, 4.69) is 33.1 Å². The highest BCUT2D eigenvalue weighted by Crippen LogP contribution is 2.16. The second-order valence-corrected chi connectivity index (χ2v) is 6.56. The molecule has 0 unspecified atom stereocenters. The second-order valence-electron chi connectivity index (χ2n) is 4.88. The normalized spacial score (nSPS) is 10.2. The lowest BCUT2D eigenvalue weighted by atomic mass is 10.2. The van der Waals surface area contributed by atoms with Gasteiger partial charge in [0.15, 0.2) is 0 Å². The molecule has 2 aromatic carbocycles. The molecule has 0 amide bonds. The number of anilines is 1. The van der Waals surface area contributed by atoms with Gasteiger partial charge in [-0.15, -0.1) is 0 Å². The molecule has 0 heterocycles. The average molecular weight is 365 g/mol. The number of rotatable bonds is 4. The van der Waals surface area contributed by atoms with E-state index in [1.807, 2.05) is 0 Å². The van der Waals surface area contributed by atoms with E-state index in [4.69, 9.17) is 0 Å². The molecule has 0 aliphatic heterocycles. The number of ether oxygens (including phenoxy) is 1. The lowest BCUT2D eigenvalue weighted by Crippen LogP contribution is -2.12. The number of methoxy groups -OCH3 is 1. The third-order valence-corrected chi connectivity index (χ3v) is 4.41. The third kappa shape index (κ3) is 5.86. The van der Waals surface area contributed by atoms with Crippen molar-refractivity contribution in [2.24, 2.45) is 0 Å². The van der Waals surface area contributed by atoms with E-state index in [0.717, 1.165) is 0 Å². The van der Waals surface area contributed by atoms with Crippen LogP contribution in [-0.2, 0) is 19.6 Å². The highest BCUT2D eigenvalue weighted by Gasteiger charge is 2.13. The number of hydrogen-bond acceptors (Lipinski definition) is 4. The van der Waals surface area contributed by atoms with Crippen molar-refractivity contribution in [2.75, 3.05) is 11.8 Å². The van der Waals surface area contributed by atoms with Gasteiger partial charge in [-0.3, -0.25) is 4.72 Å². The number of benzene rings is 2. The van der Waals surface area contributed by atoms with Crippen LogP contribution < -0.4 is 4.72 Å². The van der Waals surface area contributed by atoms with Gasteiger partial charge < -0.3 is 4.74 Å². The van der Waals surface area contributed by atoms with E-state index in [-0.39, 0.29) is 4.90 Å². The molecule has 130 valence electrons. The minimum atomic E-state index is -3.65. The van der Waals surface area contributed by atoms with Crippen molar-refractivity contribution in [3.05, 3.63) is 72.3 Å². The quantitative estimate of drug-likeness (QED) is 0.513. The van der Waals surface area contributed by atoms with Crippen molar-refractivity contribution in [1.29, 1.82) is 0 Å². The van der Waals surface area contributed by atoms with Crippen molar-refractivity contribution in [3.8, 4) is 23.7 Å². The molecule has 0 atom stereocenters. The van der Waals surface area contributed by atoms with Gasteiger partial charge >= 0.3 is 5.97 Å². The first kappa shape index (κ1) is 18.9. The van der Waals surface area contributed by atoms with Gasteiger partial charge in [0, 0.05) is 11.6 Å². The van der Waals surface area contributed by atoms with Crippen LogP contribution in [0.5, 0.6) is 0 Å². The summed E-state index contributed by atoms with van der Waals surface area (Å²) in [5.41, 5.74) is 1.00. The molecular weight excluding hydrogens is 350 g/mol. The second kappa shape index (κ2) is 9.12. The maximum absolute atomic E-state index is 12.3. The molecule has 0 bridgehead atoms. The zero-order valence-electron chi connectivity index (χ0n) is 13.9. The van der Waals surface area contributed by atoms with Crippen molar-refractivity contribution >= 4 is 21.7 Å². The molecule has 2 aromatic rings. The first-order chi connectivity index (χ1) is 12.5. The number of allylic oxidation sites excluding steroid dienone is 1. The van der Waals surface area contributed by atoms with Crippen LogP contribution in [0.15, 0.2) is 71.6 Å². The highest BCUT2D eigenvalue weighted by molar-refractivity contribution is 7.92. The molecule has 0 saturated carbocycles. The van der Waals surface area contributed by atoms with Gasteiger partial charge in [0.05, 0.1) is 17.7 Å². The Morgan fingerprint density at radius 3 is 2.58 bits per heavy atom. The number of sulfonamides is 1. The Morgan fingerprint density at radius 2 is 1.85 bits per heavy atom. The van der Waals surface area contributed by atoms with Gasteiger partial charge in [-0.05, 0) is 48.2 Å². The first-order valence-corrected chi connectivity index (χ1v) is 8.93. The summed E-state index contributed by atoms with van der Waals surface area (Å²) >= 11 is 0. The molecule has 0 radical (unpaired) electrons. The molecule has 0 spiro atoms. The van der Waals surface area contributed by atoms with E-state index in [0.29, 0.717) is 11.3 Å². The lowest BCUT2D eigenvalue weighted by Gasteiger charge is -2.08. The Kier molecular flexibility index (Phi) is 6.61. The number of carbonyl (C=O) groups is 1. The summed E-state index contributed by atoms with van der Waals surface area (Å²) < 4.78 is 31.6. The Morgan fingerprint density at radius 1 is 1.08 bits per heavy atom. The summed E-state index contributed by atoms with van der Waals surface area (Å²) in [6.07, 6.45) is 2.53. The molecule has 0 saturated heterocycles. The molecule has 0 fully saturated rings. The third-order valence-electron chi connectivity index (χ3n) is 3.01. The monoisotopic (exact) mass is 365 g/mol. The first-order valence-electron chi connectivity index (χ1n) is 7.45. The number of carbonyl (C=O) groups excluding carboxylic acids is 1. The van der Waals surface area contributed by atoms with Crippen LogP contribution >= 0.6 is 0 Å². The molecule has 0 aromatic heterocycles. The standard InChI is InChI=1S/C20H15NO4S/c1-25-20(22)15-8-3-2-5-10-17-11-9-12-18(16-17)21-26(23,24)19-13-6-4-7-14-19/h4,6-9,11-16,21H,1H3/b15-8+. The maximum atomic E-state index is 12.3. The molecule has 0 aliphatic rings. The van der Waals surface area contributed by atoms with Crippen LogP contribution in [0.25, 0.3) is 0 Å². The zero-order chi connectivity index (χ0) is 18.8. The Bertz CT molecular complexity index is 1030. The van der Waals surface area contributed by atoms with Crippen LogP contribution in [0.4, 0.5) is 5.69 Å². The number of hydrogen-bond donors (Lipinski definition) is 1. The van der Waals surface area contributed by atoms with E-state index >= 15 is 0 Å². The number of esters is 1. The van der Waals surface area contributed by atoms with Crippen LogP contribution in [0.1, 0.15) is 5.56 Å². The number of nitrogens with one attached hydrogen (secondary N) is 1. The smallest absolute Gasteiger partial charge is 0.331 e. The predicted octanol–water partition coefficient (Wildman–Crippen LogP) is 2.57. The maximum Gasteiger partial charge on any atom is 0.331 e. The van der Waals surface area contributed by atoms with Crippen LogP contribution in [0, 0.1) is 23.7 Å². The summed E-state index contributed by atoms with van der Waals surface area (Å²) in [6, 6.07) is 14.8. The molecule has 26 heavy (non-hydrogen) atoms. The Labute approximate surface area is 152 Å². The molecule has 6 heteroatoms. The van der Waals surface area contributed by atoms with E-state index in [1.54, 1.807) is 42.5 Å². The van der Waals surface area contributed by atoms with Crippen molar-refractivity contribution in [2.45, 2.75) is 4.90 Å². The molecular formula is C20H15NO4S. The fraction of sp³-hybridized carbons (Fsp3) is 0.0500. The fourth-order valence-corrected chi connectivity index (χ4v) is 2.90. The summed E-state index contributed by atoms with van der Waals surface area (Å²) in [7, 11) is -2.38. The summed E-state index contributed by atoms with van der Waals surface area (Å²) in [4.78, 5) is 11.0. The van der Waals surface area contributed by atoms with Crippen molar-refractivity contribution in [1.82, 2.24) is 0 Å². The fourth-order valence-electron chi connectivity index (χ4n) is 1.83. The van der Waals surface area contributed by atoms with Crippen LogP contribution in [0.3, 0.4) is 0 Å². The topological polar surface area (TPSA) is 72.5 Å². The van der Waals surface area contributed by atoms with Gasteiger partial charge in [-0.1, -0.05) is 36.1 Å². The molecule has 5 nitrogen and oxygen atoms in total. The zero-order valence-corrected chi connectivity index (χ0v) is 14.7. The van der Waals surface area contributed by atoms with Gasteiger partial charge in [0.1, 0.15) is 0 Å². The predicted molar refractivity (Wildman–Crippen MR) is 99.5 cm³/mol. The largest absolute Gasteiger partial charge is 0.466 e. The van der Waals surface area contributed by atoms with Gasteiger partial charge in [-0.2, -0.15) is 0 Å². The highest BCUT2D eigenvalue weighted by atomic mass is 32.2. The Balaban J connectivity index is 2.10. The summed E-state index contributed by atoms with van der Waals surface area (Å²) in [5, 5.41) is 0. The molecule has 2 rings (SSSR count). The van der Waals surface area contributed by atoms with E-state index in [9.17, 15) is 13.2 Å². The van der Waals surface area contributed by atoms with Crippen molar-refractivity contribution < 1.29 is 17.9 Å². The summed E-state index contributed by atoms with van der Waals surface area (Å²) in [5.74, 6) is 10.1. The molecule has 1 N–H and O–H groups in total. The van der Waals surface area contributed by atoms with Gasteiger partial charge in [0.25, 0.3) is 10.0 Å². The van der Waals surface area contributed by atoms with Gasteiger partial charge in [-0.25, -0.2) is 13.2 Å². The SMILES string of the molecule is COC(=O)/C=C/C#CC#Cc1cccc(NS(=O)(=O)c2ccccc2)c1. The average Bonchev–Trinajstić information content (AvgIpc) is 2.65. The minimum Gasteiger partial charge on any atom is -0.466 e. The van der Waals surface area contributed by atoms with Crippen molar-refractivity contribution in [3.63, 3.8) is 0 Å². The van der Waals surface area contributed by atoms with Gasteiger partial charge in [0.2, 0.25) is 0 Å². The van der Waals surface area contributed by atoms with E-state index in [1.165, 1.54) is 31.4 Å². The summed E-state index contributed by atoms with van der Waals surface area (Å²) in [6.45, 7) is 0.